The second-order valence-corrected chi connectivity index (χ2v) is 6.75. The van der Waals surface area contributed by atoms with Crippen LogP contribution in [0.15, 0.2) is 0 Å². The van der Waals surface area contributed by atoms with E-state index in [-0.39, 0.29) is 0 Å². The van der Waals surface area contributed by atoms with Crippen molar-refractivity contribution in [3.05, 3.63) is 22.2 Å². The molecule has 0 saturated carbocycles. The highest BCUT2D eigenvalue weighted by molar-refractivity contribution is 6.30. The van der Waals surface area contributed by atoms with Crippen LogP contribution in [0.25, 0.3) is 0 Å². The van der Waals surface area contributed by atoms with Crippen LogP contribution in [-0.4, -0.2) is 16.0 Å². The predicted octanol–water partition coefficient (Wildman–Crippen LogP) is 3.53. The Hall–Kier alpha value is -0.670. The molecule has 0 bridgehead atoms. The van der Waals surface area contributed by atoms with Gasteiger partial charge >= 0.3 is 0 Å². The van der Waals surface area contributed by atoms with E-state index in [1.165, 1.54) is 6.42 Å². The number of hydrogen-bond acceptors (Lipinski definition) is 3. The first kappa shape index (κ1) is 14.7. The number of rotatable bonds is 4. The second-order valence-electron chi connectivity index (χ2n) is 6.39. The number of halogens is 1. The van der Waals surface area contributed by atoms with Crippen molar-refractivity contribution in [3.8, 4) is 0 Å². The molecule has 1 aliphatic carbocycles. The fraction of sp³-hybridized carbons (Fsp3) is 0.733. The quantitative estimate of drug-likeness (QED) is 0.858. The van der Waals surface area contributed by atoms with Gasteiger partial charge in [-0.2, -0.15) is 0 Å². The van der Waals surface area contributed by atoms with Crippen LogP contribution in [0.5, 0.6) is 0 Å². The Morgan fingerprint density at radius 3 is 2.79 bits per heavy atom. The van der Waals surface area contributed by atoms with Crippen LogP contribution in [0.3, 0.4) is 0 Å². The number of aromatic nitrogens is 2. The molecule has 1 aromatic heterocycles. The third kappa shape index (κ3) is 3.67. The standard InChI is InChI=1S/C15H24ClN3/c1-5-10(2)17-9-13-18-12-6-7-15(3,4)8-11(12)14(16)19-13/h10,17H,5-9H2,1-4H3. The van der Waals surface area contributed by atoms with Crippen molar-refractivity contribution >= 4 is 11.6 Å². The first-order valence-corrected chi connectivity index (χ1v) is 7.56. The summed E-state index contributed by atoms with van der Waals surface area (Å²) in [5.74, 6) is 0.823. The maximum atomic E-state index is 6.34. The summed E-state index contributed by atoms with van der Waals surface area (Å²) in [6.07, 6.45) is 4.28. The van der Waals surface area contributed by atoms with Crippen molar-refractivity contribution in [3.63, 3.8) is 0 Å². The smallest absolute Gasteiger partial charge is 0.144 e. The van der Waals surface area contributed by atoms with E-state index in [1.807, 2.05) is 0 Å². The van der Waals surface area contributed by atoms with Gasteiger partial charge in [-0.3, -0.25) is 0 Å². The van der Waals surface area contributed by atoms with Crippen molar-refractivity contribution in [2.24, 2.45) is 5.41 Å². The highest BCUT2D eigenvalue weighted by Gasteiger charge is 2.28. The average molecular weight is 282 g/mol. The van der Waals surface area contributed by atoms with E-state index in [9.17, 15) is 0 Å². The van der Waals surface area contributed by atoms with E-state index in [0.717, 1.165) is 36.3 Å². The van der Waals surface area contributed by atoms with Gasteiger partial charge < -0.3 is 5.32 Å². The number of hydrogen-bond donors (Lipinski definition) is 1. The Morgan fingerprint density at radius 2 is 2.11 bits per heavy atom. The molecule has 4 heteroatoms. The molecule has 0 amide bonds. The van der Waals surface area contributed by atoms with E-state index in [2.05, 4.69) is 43.0 Å². The van der Waals surface area contributed by atoms with Gasteiger partial charge in [-0.1, -0.05) is 32.4 Å². The van der Waals surface area contributed by atoms with Gasteiger partial charge in [0.25, 0.3) is 0 Å². The maximum absolute atomic E-state index is 6.34. The van der Waals surface area contributed by atoms with Gasteiger partial charge in [0.2, 0.25) is 0 Å². The van der Waals surface area contributed by atoms with Crippen LogP contribution >= 0.6 is 11.6 Å². The summed E-state index contributed by atoms with van der Waals surface area (Å²) in [5, 5.41) is 4.07. The molecule has 19 heavy (non-hydrogen) atoms. The third-order valence-corrected chi connectivity index (χ3v) is 4.32. The van der Waals surface area contributed by atoms with Crippen molar-refractivity contribution in [2.75, 3.05) is 0 Å². The van der Waals surface area contributed by atoms with Gasteiger partial charge in [0.15, 0.2) is 0 Å². The van der Waals surface area contributed by atoms with Crippen LogP contribution in [0.2, 0.25) is 5.15 Å². The lowest BCUT2D eigenvalue weighted by Crippen LogP contribution is -2.28. The molecule has 1 heterocycles. The Morgan fingerprint density at radius 1 is 1.37 bits per heavy atom. The summed E-state index contributed by atoms with van der Waals surface area (Å²) in [6, 6.07) is 0.484. The first-order valence-electron chi connectivity index (χ1n) is 7.19. The first-order chi connectivity index (χ1) is 8.91. The lowest BCUT2D eigenvalue weighted by Gasteiger charge is -2.31. The van der Waals surface area contributed by atoms with Crippen LogP contribution in [0, 0.1) is 5.41 Å². The largest absolute Gasteiger partial charge is 0.307 e. The Bertz CT molecular complexity index is 457. The van der Waals surface area contributed by atoms with Gasteiger partial charge in [0.05, 0.1) is 6.54 Å². The molecule has 1 aromatic rings. The van der Waals surface area contributed by atoms with Gasteiger partial charge in [-0.15, -0.1) is 0 Å². The minimum atomic E-state index is 0.316. The number of aryl methyl sites for hydroxylation is 1. The van der Waals surface area contributed by atoms with Crippen LogP contribution in [-0.2, 0) is 19.4 Å². The summed E-state index contributed by atoms with van der Waals surface area (Å²) in [4.78, 5) is 9.14. The molecular formula is C15H24ClN3. The molecule has 1 aliphatic rings. The lowest BCUT2D eigenvalue weighted by molar-refractivity contribution is 0.311. The predicted molar refractivity (Wildman–Crippen MR) is 79.4 cm³/mol. The lowest BCUT2D eigenvalue weighted by atomic mass is 9.76. The molecular weight excluding hydrogens is 258 g/mol. The number of fused-ring (bicyclic) bond motifs is 1. The minimum absolute atomic E-state index is 0.316. The third-order valence-electron chi connectivity index (χ3n) is 4.00. The van der Waals surface area contributed by atoms with E-state index in [1.54, 1.807) is 0 Å². The molecule has 0 aliphatic heterocycles. The molecule has 0 saturated heterocycles. The summed E-state index contributed by atoms with van der Waals surface area (Å²) in [5.41, 5.74) is 2.63. The molecule has 106 valence electrons. The van der Waals surface area contributed by atoms with Crippen molar-refractivity contribution in [2.45, 2.75) is 66.0 Å². The average Bonchev–Trinajstić information content (AvgIpc) is 2.36. The molecule has 0 radical (unpaired) electrons. The van der Waals surface area contributed by atoms with E-state index in [0.29, 0.717) is 23.2 Å². The zero-order valence-electron chi connectivity index (χ0n) is 12.4. The zero-order valence-corrected chi connectivity index (χ0v) is 13.1. The highest BCUT2D eigenvalue weighted by Crippen LogP contribution is 2.36. The van der Waals surface area contributed by atoms with Gasteiger partial charge in [0, 0.05) is 17.3 Å². The Balaban J connectivity index is 2.16. The Labute approximate surface area is 121 Å². The SMILES string of the molecule is CCC(C)NCc1nc(Cl)c2c(n1)CCC(C)(C)C2. The van der Waals surface area contributed by atoms with Crippen LogP contribution in [0.4, 0.5) is 0 Å². The summed E-state index contributed by atoms with van der Waals surface area (Å²) >= 11 is 6.34. The molecule has 0 fully saturated rings. The monoisotopic (exact) mass is 281 g/mol. The molecule has 3 nitrogen and oxygen atoms in total. The molecule has 0 spiro atoms. The van der Waals surface area contributed by atoms with E-state index in [4.69, 9.17) is 11.6 Å². The maximum Gasteiger partial charge on any atom is 0.144 e. The Kier molecular flexibility index (Phi) is 4.46. The van der Waals surface area contributed by atoms with Gasteiger partial charge in [-0.05, 0) is 38.0 Å². The van der Waals surface area contributed by atoms with E-state index >= 15 is 0 Å². The van der Waals surface area contributed by atoms with Gasteiger partial charge in [0.1, 0.15) is 11.0 Å². The normalized spacial score (nSPS) is 19.0. The zero-order chi connectivity index (χ0) is 14.0. The number of nitrogens with one attached hydrogen (secondary N) is 1. The highest BCUT2D eigenvalue weighted by atomic mass is 35.5. The van der Waals surface area contributed by atoms with E-state index < -0.39 is 0 Å². The molecule has 1 N–H and O–H groups in total. The van der Waals surface area contributed by atoms with Crippen molar-refractivity contribution in [1.29, 1.82) is 0 Å². The summed E-state index contributed by atoms with van der Waals surface area (Å²) in [7, 11) is 0. The molecule has 1 unspecified atom stereocenters. The number of nitrogens with zero attached hydrogens (tertiary/aromatic N) is 2. The minimum Gasteiger partial charge on any atom is -0.307 e. The second kappa shape index (κ2) is 5.76. The molecule has 0 aromatic carbocycles. The van der Waals surface area contributed by atoms with Crippen molar-refractivity contribution < 1.29 is 0 Å². The fourth-order valence-corrected chi connectivity index (χ4v) is 2.72. The molecule has 2 rings (SSSR count). The van der Waals surface area contributed by atoms with Crippen LogP contribution < -0.4 is 5.32 Å². The fourth-order valence-electron chi connectivity index (χ4n) is 2.44. The van der Waals surface area contributed by atoms with Crippen LogP contribution in [0.1, 0.15) is 57.6 Å². The molecule has 1 atom stereocenters. The van der Waals surface area contributed by atoms with Gasteiger partial charge in [-0.25, -0.2) is 9.97 Å². The summed E-state index contributed by atoms with van der Waals surface area (Å²) in [6.45, 7) is 9.60. The summed E-state index contributed by atoms with van der Waals surface area (Å²) < 4.78 is 0. The van der Waals surface area contributed by atoms with Crippen molar-refractivity contribution in [1.82, 2.24) is 15.3 Å². The topological polar surface area (TPSA) is 37.8 Å².